The Labute approximate surface area is 499 Å². The number of fused-ring (bicyclic) bond motifs is 3. The van der Waals surface area contributed by atoms with Crippen molar-refractivity contribution in [2.45, 2.75) is 20.8 Å². The van der Waals surface area contributed by atoms with E-state index in [4.69, 9.17) is 16.3 Å². The first-order valence-corrected chi connectivity index (χ1v) is 26.9. The van der Waals surface area contributed by atoms with Crippen LogP contribution in [-0.4, -0.2) is 100 Å². The molecule has 18 nitrogen and oxygen atoms in total. The number of aryl methyl sites for hydroxylation is 3. The first-order valence-electron chi connectivity index (χ1n) is 26.5. The van der Waals surface area contributed by atoms with E-state index in [0.717, 1.165) is 22.3 Å². The van der Waals surface area contributed by atoms with Gasteiger partial charge in [0, 0.05) is 35.3 Å². The number of esters is 3. The molecule has 0 spiro atoms. The van der Waals surface area contributed by atoms with Gasteiger partial charge in [0.15, 0.2) is 0 Å². The van der Waals surface area contributed by atoms with Gasteiger partial charge in [-0.3, -0.25) is 14.4 Å². The van der Waals surface area contributed by atoms with Gasteiger partial charge in [-0.25, -0.2) is 51.7 Å². The Morgan fingerprint density at radius 2 is 0.816 bits per heavy atom. The van der Waals surface area contributed by atoms with Crippen molar-refractivity contribution in [2.24, 2.45) is 0 Å². The Balaban J connectivity index is 0.000000144. The highest BCUT2D eigenvalue weighted by atomic mass is 35.5. The molecule has 432 valence electrons. The van der Waals surface area contributed by atoms with Crippen molar-refractivity contribution >= 4 is 63.4 Å². The minimum absolute atomic E-state index is 0.0121. The number of carbonyl (C=O) groups is 6. The summed E-state index contributed by atoms with van der Waals surface area (Å²) in [6.45, 7) is 5.67. The first kappa shape index (κ1) is 58.9. The quantitative estimate of drug-likeness (QED) is 0.0630. The maximum Gasteiger partial charge on any atom is 0.356 e. The predicted molar refractivity (Wildman–Crippen MR) is 318 cm³/mol. The molecule has 3 aromatic carbocycles. The molecule has 0 aliphatic carbocycles. The third kappa shape index (κ3) is 12.2. The zero-order chi connectivity index (χ0) is 61.6. The van der Waals surface area contributed by atoms with Crippen molar-refractivity contribution in [3.05, 3.63) is 267 Å². The molecular weight excluding hydrogens is 1140 g/mol. The zero-order valence-electron chi connectivity index (χ0n) is 47.2. The number of aromatic nitrogens is 9. The second-order valence-electron chi connectivity index (χ2n) is 19.4. The van der Waals surface area contributed by atoms with Crippen LogP contribution in [0.2, 0.25) is 5.02 Å². The molecule has 12 aromatic rings. The highest BCUT2D eigenvalue weighted by molar-refractivity contribution is 6.31. The van der Waals surface area contributed by atoms with Gasteiger partial charge in [-0.1, -0.05) is 96.5 Å². The van der Waals surface area contributed by atoms with Gasteiger partial charge in [0.25, 0.3) is 0 Å². The molecule has 0 N–H and O–H groups in total. The summed E-state index contributed by atoms with van der Waals surface area (Å²) >= 11 is 6.25. The number of benzene rings is 3. The number of nitrogens with zero attached hydrogens (tertiary/aromatic N) is 9. The van der Waals surface area contributed by atoms with Gasteiger partial charge in [-0.05, 0) is 116 Å². The fraction of sp³-hybridized carbons (Fsp3) is 0.0909. The number of ketones is 3. The lowest BCUT2D eigenvalue weighted by Crippen LogP contribution is -2.10. The summed E-state index contributed by atoms with van der Waals surface area (Å²) in [7, 11) is 3.75. The fourth-order valence-electron chi connectivity index (χ4n) is 9.34. The molecular formula is C66H48ClF2N9O9. The summed E-state index contributed by atoms with van der Waals surface area (Å²) in [6.07, 6.45) is 5.22. The molecule has 0 fully saturated rings. The van der Waals surface area contributed by atoms with Crippen LogP contribution in [0.15, 0.2) is 182 Å². The van der Waals surface area contributed by atoms with Crippen LogP contribution in [0.3, 0.4) is 0 Å². The minimum atomic E-state index is -0.649. The largest absolute Gasteiger partial charge is 0.464 e. The van der Waals surface area contributed by atoms with Crippen LogP contribution < -0.4 is 0 Å². The van der Waals surface area contributed by atoms with E-state index in [0.29, 0.717) is 44.1 Å². The molecule has 9 aromatic heterocycles. The van der Waals surface area contributed by atoms with Crippen molar-refractivity contribution in [3.8, 4) is 33.8 Å². The molecule has 87 heavy (non-hydrogen) atoms. The molecule has 0 unspecified atom stereocenters. The molecule has 9 heterocycles. The molecule has 0 saturated carbocycles. The third-order valence-electron chi connectivity index (χ3n) is 13.6. The normalized spacial score (nSPS) is 10.9. The van der Waals surface area contributed by atoms with Crippen LogP contribution >= 0.6 is 11.6 Å². The van der Waals surface area contributed by atoms with Gasteiger partial charge in [-0.15, -0.1) is 0 Å². The topological polar surface area (TPSA) is 221 Å². The smallest absolute Gasteiger partial charge is 0.356 e. The lowest BCUT2D eigenvalue weighted by atomic mass is 10.0. The molecule has 0 bridgehead atoms. The van der Waals surface area contributed by atoms with Crippen molar-refractivity contribution in [2.75, 3.05) is 21.3 Å². The third-order valence-corrected chi connectivity index (χ3v) is 13.9. The molecule has 12 rings (SSSR count). The van der Waals surface area contributed by atoms with E-state index in [1.54, 1.807) is 98.9 Å². The van der Waals surface area contributed by atoms with Crippen LogP contribution in [0.5, 0.6) is 0 Å². The maximum absolute atomic E-state index is 14.5. The maximum atomic E-state index is 14.5. The van der Waals surface area contributed by atoms with Crippen LogP contribution in [0, 0.1) is 32.4 Å². The van der Waals surface area contributed by atoms with Crippen LogP contribution in [0.4, 0.5) is 8.78 Å². The second-order valence-corrected chi connectivity index (χ2v) is 19.8. The van der Waals surface area contributed by atoms with E-state index < -0.39 is 41.1 Å². The Kier molecular flexibility index (Phi) is 17.1. The number of hydrogen-bond acceptors (Lipinski definition) is 15. The standard InChI is InChI=1S/C22H16ClN3O3.2C22H16FN3O3/c1-13-11-18-19(21(27)16-9-6-10-17(24-16)22(28)29-2)20(14-7-4-3-5-8-14)25-26(18)12-15(13)23;1-13-9-10-18-19(21(27)16-7-4-8-17(24-16)22(28)29-2)20(25-26(18)12-13)14-5-3-6-15(23)11-14;1-13-10-11-18-19(21(27)16-8-5-9-17(24-16)22(28)29-2)20(25-26(18)12-13)14-6-3-4-7-15(14)23/h3*3-12H,1-2H3. The SMILES string of the molecule is COC(=O)c1cccc(C(=O)c2c(-c3cccc(F)c3)nn3cc(C)ccc23)n1.COC(=O)c1cccc(C(=O)c2c(-c3ccccc3)nn3cc(Cl)c(C)cc23)n1.COC(=O)c1cccc(C(=O)c2c(-c3ccccc3F)nn3cc(C)ccc23)n1. The van der Waals surface area contributed by atoms with Crippen molar-refractivity contribution in [1.82, 2.24) is 43.8 Å². The van der Waals surface area contributed by atoms with E-state index in [-0.39, 0.29) is 62.3 Å². The van der Waals surface area contributed by atoms with E-state index >= 15 is 0 Å². The Morgan fingerprint density at radius 3 is 1.30 bits per heavy atom. The number of rotatable bonds is 12. The van der Waals surface area contributed by atoms with E-state index in [1.807, 2.05) is 69.3 Å². The zero-order valence-corrected chi connectivity index (χ0v) is 47.9. The van der Waals surface area contributed by atoms with Crippen molar-refractivity contribution < 1.29 is 51.8 Å². The molecule has 0 aliphatic heterocycles. The van der Waals surface area contributed by atoms with Crippen LogP contribution in [0.25, 0.3) is 50.3 Å². The summed E-state index contributed by atoms with van der Waals surface area (Å²) in [4.78, 5) is 88.1. The molecule has 0 amide bonds. The Hall–Kier alpha value is -11.3. The predicted octanol–water partition coefficient (Wildman–Crippen LogP) is 12.1. The Bertz CT molecular complexity index is 4720. The number of halogens is 3. The molecule has 0 radical (unpaired) electrons. The van der Waals surface area contributed by atoms with Crippen molar-refractivity contribution in [3.63, 3.8) is 0 Å². The van der Waals surface area contributed by atoms with Gasteiger partial charge in [0.2, 0.25) is 17.3 Å². The number of carbonyl (C=O) groups excluding carboxylic acids is 6. The van der Waals surface area contributed by atoms with Gasteiger partial charge in [-0.2, -0.15) is 15.3 Å². The minimum Gasteiger partial charge on any atom is -0.464 e. The second kappa shape index (κ2) is 25.3. The first-order chi connectivity index (χ1) is 42.0. The highest BCUT2D eigenvalue weighted by Crippen LogP contribution is 2.33. The van der Waals surface area contributed by atoms with Gasteiger partial charge in [0.05, 0.1) is 59.6 Å². The average molecular weight is 1180 g/mol. The van der Waals surface area contributed by atoms with Crippen molar-refractivity contribution in [1.29, 1.82) is 0 Å². The van der Waals surface area contributed by atoms with Gasteiger partial charge < -0.3 is 14.2 Å². The van der Waals surface area contributed by atoms with Gasteiger partial charge >= 0.3 is 17.9 Å². The highest BCUT2D eigenvalue weighted by Gasteiger charge is 2.28. The molecule has 21 heteroatoms. The number of ether oxygens (including phenoxy) is 3. The van der Waals surface area contributed by atoms with Gasteiger partial charge in [0.1, 0.15) is 62.9 Å². The average Bonchev–Trinajstić information content (AvgIpc) is 1.96. The van der Waals surface area contributed by atoms with Crippen LogP contribution in [-0.2, 0) is 14.2 Å². The summed E-state index contributed by atoms with van der Waals surface area (Å²) in [5.41, 5.74) is 8.18. The van der Waals surface area contributed by atoms with Crippen LogP contribution in [0.1, 0.15) is 96.3 Å². The molecule has 0 saturated heterocycles. The summed E-state index contributed by atoms with van der Waals surface area (Å²) in [6, 6.07) is 44.2. The lowest BCUT2D eigenvalue weighted by Gasteiger charge is -2.05. The Morgan fingerprint density at radius 1 is 0.414 bits per heavy atom. The monoisotopic (exact) mass is 1180 g/mol. The number of hydrogen-bond donors (Lipinski definition) is 0. The summed E-state index contributed by atoms with van der Waals surface area (Å²) in [5.74, 6) is -4.04. The number of pyridine rings is 6. The van der Waals surface area contributed by atoms with E-state index in [1.165, 1.54) is 69.9 Å². The van der Waals surface area contributed by atoms with E-state index in [9.17, 15) is 37.5 Å². The summed E-state index contributed by atoms with van der Waals surface area (Å²) in [5, 5.41) is 14.1. The summed E-state index contributed by atoms with van der Waals surface area (Å²) < 4.78 is 47.1. The van der Waals surface area contributed by atoms with E-state index in [2.05, 4.69) is 39.7 Å². The number of methoxy groups -OCH3 is 3. The fourth-order valence-corrected chi connectivity index (χ4v) is 9.49. The lowest BCUT2D eigenvalue weighted by molar-refractivity contribution is 0.0585. The molecule has 0 atom stereocenters. The molecule has 0 aliphatic rings.